The Labute approximate surface area is 120 Å². The van der Waals surface area contributed by atoms with Gasteiger partial charge in [-0.2, -0.15) is 18.2 Å². The van der Waals surface area contributed by atoms with E-state index in [1.165, 1.54) is 0 Å². The first-order valence-electron chi connectivity index (χ1n) is 5.61. The normalized spacial score (nSPS) is 13.5. The number of halogens is 4. The largest absolute Gasteiger partial charge is 0.414 e. The Morgan fingerprint density at radius 3 is 2.70 bits per heavy atom. The van der Waals surface area contributed by atoms with E-state index in [1.54, 1.807) is 6.07 Å². The third-order valence-corrected chi connectivity index (χ3v) is 3.24. The Morgan fingerprint density at radius 2 is 2.10 bits per heavy atom. The third kappa shape index (κ3) is 3.37. The number of aliphatic hydroxyl groups excluding tert-OH is 1. The van der Waals surface area contributed by atoms with Gasteiger partial charge in [-0.1, -0.05) is 27.2 Å². The molecule has 0 aliphatic rings. The quantitative estimate of drug-likeness (QED) is 0.922. The van der Waals surface area contributed by atoms with E-state index in [9.17, 15) is 13.2 Å². The summed E-state index contributed by atoms with van der Waals surface area (Å²) in [7, 11) is 0. The molecule has 0 saturated carbocycles. The third-order valence-electron chi connectivity index (χ3n) is 2.58. The molecule has 0 fully saturated rings. The highest BCUT2D eigenvalue weighted by Gasteiger charge is 2.39. The van der Waals surface area contributed by atoms with Crippen LogP contribution in [0, 0.1) is 6.92 Å². The van der Waals surface area contributed by atoms with Crippen LogP contribution >= 0.6 is 15.9 Å². The van der Waals surface area contributed by atoms with E-state index in [0.29, 0.717) is 10.0 Å². The molecule has 0 bridgehead atoms. The zero-order valence-electron chi connectivity index (χ0n) is 10.3. The molecule has 0 spiro atoms. The highest BCUT2D eigenvalue weighted by molar-refractivity contribution is 9.10. The van der Waals surface area contributed by atoms with Crippen molar-refractivity contribution in [3.05, 3.63) is 34.1 Å². The Hall–Kier alpha value is -1.41. The predicted molar refractivity (Wildman–Crippen MR) is 67.9 cm³/mol. The van der Waals surface area contributed by atoms with Gasteiger partial charge in [-0.15, -0.1) is 0 Å². The van der Waals surface area contributed by atoms with Crippen molar-refractivity contribution in [1.29, 1.82) is 0 Å². The number of aromatic nitrogens is 2. The number of benzene rings is 1. The average Bonchev–Trinajstić information content (AvgIpc) is 2.76. The minimum Gasteiger partial charge on any atom is -0.383 e. The molecule has 108 valence electrons. The highest BCUT2D eigenvalue weighted by Crippen LogP contribution is 2.28. The number of hydrogen-bond acceptors (Lipinski definition) is 4. The van der Waals surface area contributed by atoms with Gasteiger partial charge in [-0.05, 0) is 24.6 Å². The van der Waals surface area contributed by atoms with Gasteiger partial charge in [0.2, 0.25) is 11.7 Å². The maximum atomic E-state index is 12.2. The van der Waals surface area contributed by atoms with Crippen LogP contribution in [0.4, 0.5) is 13.2 Å². The topological polar surface area (TPSA) is 59.2 Å². The number of nitrogens with zero attached hydrogens (tertiary/aromatic N) is 2. The zero-order valence-corrected chi connectivity index (χ0v) is 11.9. The van der Waals surface area contributed by atoms with Crippen molar-refractivity contribution in [2.45, 2.75) is 25.6 Å². The lowest BCUT2D eigenvalue weighted by Crippen LogP contribution is -2.30. The maximum absolute atomic E-state index is 12.2. The van der Waals surface area contributed by atoms with Gasteiger partial charge in [0, 0.05) is 10.0 Å². The first-order valence-corrected chi connectivity index (χ1v) is 6.40. The molecule has 1 aromatic heterocycles. The van der Waals surface area contributed by atoms with Crippen molar-refractivity contribution in [3.8, 4) is 11.4 Å². The van der Waals surface area contributed by atoms with E-state index in [0.717, 1.165) is 5.56 Å². The SMILES string of the molecule is Cc1ccc(-c2noc(CC(O)C(F)(F)F)n2)c(Br)c1. The first kappa shape index (κ1) is 15.0. The number of rotatable bonds is 3. The molecule has 8 heteroatoms. The Bertz CT molecular complexity index is 613. The lowest BCUT2D eigenvalue weighted by Gasteiger charge is -2.11. The average molecular weight is 351 g/mol. The van der Waals surface area contributed by atoms with Crippen LogP contribution in [0.5, 0.6) is 0 Å². The van der Waals surface area contributed by atoms with Crippen LogP contribution in [0.15, 0.2) is 27.2 Å². The molecule has 20 heavy (non-hydrogen) atoms. The molecule has 0 aliphatic heterocycles. The van der Waals surface area contributed by atoms with E-state index in [2.05, 4.69) is 26.1 Å². The monoisotopic (exact) mass is 350 g/mol. The van der Waals surface area contributed by atoms with Crippen LogP contribution in [0.25, 0.3) is 11.4 Å². The van der Waals surface area contributed by atoms with Crippen LogP contribution in [0.2, 0.25) is 0 Å². The molecule has 4 nitrogen and oxygen atoms in total. The fourth-order valence-electron chi connectivity index (χ4n) is 1.53. The van der Waals surface area contributed by atoms with Gasteiger partial charge in [0.05, 0.1) is 6.42 Å². The van der Waals surface area contributed by atoms with Crippen LogP contribution in [0.3, 0.4) is 0 Å². The summed E-state index contributed by atoms with van der Waals surface area (Å²) in [5.41, 5.74) is 1.61. The maximum Gasteiger partial charge on any atom is 0.414 e. The lowest BCUT2D eigenvalue weighted by atomic mass is 10.1. The Kier molecular flexibility index (Phi) is 4.14. The van der Waals surface area contributed by atoms with Crippen LogP contribution in [0.1, 0.15) is 11.5 Å². The second kappa shape index (κ2) is 5.53. The molecule has 0 amide bonds. The first-order chi connectivity index (χ1) is 9.27. The van der Waals surface area contributed by atoms with E-state index in [1.807, 2.05) is 19.1 Å². The molecular formula is C12H10BrF3N2O2. The van der Waals surface area contributed by atoms with Gasteiger partial charge in [-0.25, -0.2) is 0 Å². The number of aliphatic hydroxyl groups is 1. The molecule has 1 aromatic carbocycles. The van der Waals surface area contributed by atoms with Crippen molar-refractivity contribution in [2.24, 2.45) is 0 Å². The van der Waals surface area contributed by atoms with Gasteiger partial charge in [-0.3, -0.25) is 0 Å². The molecular weight excluding hydrogens is 341 g/mol. The minimum absolute atomic E-state index is 0.168. The lowest BCUT2D eigenvalue weighted by molar-refractivity contribution is -0.204. The molecule has 1 N–H and O–H groups in total. The molecule has 0 aliphatic carbocycles. The van der Waals surface area contributed by atoms with Crippen LogP contribution in [-0.2, 0) is 6.42 Å². The molecule has 1 atom stereocenters. The number of aryl methyl sites for hydroxylation is 1. The second-order valence-corrected chi connectivity index (χ2v) is 5.11. The smallest absolute Gasteiger partial charge is 0.383 e. The molecule has 2 aromatic rings. The van der Waals surface area contributed by atoms with Crippen LogP contribution in [-0.4, -0.2) is 27.5 Å². The number of hydrogen-bond donors (Lipinski definition) is 1. The Balaban J connectivity index is 2.21. The highest BCUT2D eigenvalue weighted by atomic mass is 79.9. The van der Waals surface area contributed by atoms with E-state index in [4.69, 9.17) is 9.63 Å². The summed E-state index contributed by atoms with van der Waals surface area (Å²) in [6.45, 7) is 1.90. The summed E-state index contributed by atoms with van der Waals surface area (Å²) in [5, 5.41) is 12.6. The van der Waals surface area contributed by atoms with Crippen molar-refractivity contribution in [2.75, 3.05) is 0 Å². The number of alkyl halides is 3. The summed E-state index contributed by atoms with van der Waals surface area (Å²) in [4.78, 5) is 3.86. The summed E-state index contributed by atoms with van der Waals surface area (Å²) in [6, 6.07) is 5.38. The van der Waals surface area contributed by atoms with Crippen molar-refractivity contribution < 1.29 is 22.8 Å². The molecule has 2 rings (SSSR count). The van der Waals surface area contributed by atoms with Crippen molar-refractivity contribution in [3.63, 3.8) is 0 Å². The van der Waals surface area contributed by atoms with E-state index >= 15 is 0 Å². The second-order valence-electron chi connectivity index (χ2n) is 4.26. The fourth-order valence-corrected chi connectivity index (χ4v) is 2.20. The minimum atomic E-state index is -4.71. The molecule has 0 radical (unpaired) electrons. The summed E-state index contributed by atoms with van der Waals surface area (Å²) < 4.78 is 42.1. The van der Waals surface area contributed by atoms with Crippen LogP contribution < -0.4 is 0 Å². The standard InChI is InChI=1S/C12H10BrF3N2O2/c1-6-2-3-7(8(13)4-6)11-17-10(20-18-11)5-9(19)12(14,15)16/h2-4,9,19H,5H2,1H3. The van der Waals surface area contributed by atoms with Crippen molar-refractivity contribution in [1.82, 2.24) is 10.1 Å². The fraction of sp³-hybridized carbons (Fsp3) is 0.333. The van der Waals surface area contributed by atoms with Gasteiger partial charge in [0.1, 0.15) is 0 Å². The Morgan fingerprint density at radius 1 is 1.40 bits per heavy atom. The summed E-state index contributed by atoms with van der Waals surface area (Å²) >= 11 is 3.32. The van der Waals surface area contributed by atoms with Gasteiger partial charge < -0.3 is 9.63 Å². The zero-order chi connectivity index (χ0) is 14.9. The molecule has 1 heterocycles. The molecule has 0 saturated heterocycles. The predicted octanol–water partition coefficient (Wildman–Crippen LogP) is 3.27. The van der Waals surface area contributed by atoms with Gasteiger partial charge in [0.25, 0.3) is 0 Å². The summed E-state index contributed by atoms with van der Waals surface area (Å²) in [5.74, 6) is -0.0986. The van der Waals surface area contributed by atoms with Gasteiger partial charge in [0.15, 0.2) is 6.10 Å². The van der Waals surface area contributed by atoms with E-state index < -0.39 is 18.7 Å². The van der Waals surface area contributed by atoms with E-state index in [-0.39, 0.29) is 11.7 Å². The summed E-state index contributed by atoms with van der Waals surface area (Å²) in [6.07, 6.45) is -7.99. The van der Waals surface area contributed by atoms with Gasteiger partial charge >= 0.3 is 6.18 Å². The molecule has 1 unspecified atom stereocenters. The van der Waals surface area contributed by atoms with Crippen molar-refractivity contribution >= 4 is 15.9 Å².